The fourth-order valence-corrected chi connectivity index (χ4v) is 3.27. The number of carbonyl (C=O) groups is 4. The zero-order valence-corrected chi connectivity index (χ0v) is 17.8. The molecule has 28 heavy (non-hydrogen) atoms. The molecule has 10 nitrogen and oxygen atoms in total. The first-order valence-corrected chi connectivity index (χ1v) is 11.2. The van der Waals surface area contributed by atoms with E-state index >= 15 is 0 Å². The molecule has 0 aromatic carbocycles. The lowest BCUT2D eigenvalue weighted by molar-refractivity contribution is -0.143. The summed E-state index contributed by atoms with van der Waals surface area (Å²) in [5.41, 5.74) is 0. The summed E-state index contributed by atoms with van der Waals surface area (Å²) in [6, 6.07) is 0. The molecule has 0 bridgehead atoms. The first-order valence-electron chi connectivity index (χ1n) is 8.69. The largest absolute Gasteiger partial charge is 0.469 e. The van der Waals surface area contributed by atoms with E-state index in [1.54, 1.807) is 0 Å². The lowest BCUT2D eigenvalue weighted by Crippen LogP contribution is -2.26. The molecule has 0 aromatic rings. The first kappa shape index (κ1) is 26.2. The summed E-state index contributed by atoms with van der Waals surface area (Å²) in [6.45, 7) is 1.25. The number of nitrogens with one attached hydrogen (secondary N) is 2. The number of esters is 2. The van der Waals surface area contributed by atoms with Crippen LogP contribution < -0.4 is 10.6 Å². The summed E-state index contributed by atoms with van der Waals surface area (Å²) in [5, 5.41) is 5.02. The SMILES string of the molecule is COC(=O)CCCNC(=O)OCCSSCCOC(=O)CCCNC(=O)OC. The van der Waals surface area contributed by atoms with Gasteiger partial charge in [0.15, 0.2) is 0 Å². The van der Waals surface area contributed by atoms with Crippen molar-refractivity contribution < 1.29 is 38.1 Å². The Morgan fingerprint density at radius 1 is 0.714 bits per heavy atom. The number of hydrogen-bond donors (Lipinski definition) is 2. The van der Waals surface area contributed by atoms with Gasteiger partial charge >= 0.3 is 24.1 Å². The number of ether oxygens (including phenoxy) is 4. The predicted octanol–water partition coefficient (Wildman–Crippen LogP) is 1.73. The van der Waals surface area contributed by atoms with Crippen molar-refractivity contribution in [1.82, 2.24) is 10.6 Å². The van der Waals surface area contributed by atoms with Crippen LogP contribution >= 0.6 is 21.6 Å². The maximum Gasteiger partial charge on any atom is 0.407 e. The van der Waals surface area contributed by atoms with E-state index in [1.807, 2.05) is 0 Å². The van der Waals surface area contributed by atoms with Gasteiger partial charge in [0.05, 0.1) is 14.2 Å². The Hall–Kier alpha value is -1.82. The highest BCUT2D eigenvalue weighted by Crippen LogP contribution is 2.20. The van der Waals surface area contributed by atoms with Crippen molar-refractivity contribution in [2.75, 3.05) is 52.0 Å². The molecule has 0 spiro atoms. The van der Waals surface area contributed by atoms with Gasteiger partial charge in [-0.2, -0.15) is 0 Å². The normalized spacial score (nSPS) is 9.93. The number of rotatable bonds is 15. The van der Waals surface area contributed by atoms with Crippen LogP contribution in [0.5, 0.6) is 0 Å². The third-order valence-corrected chi connectivity index (χ3v) is 5.31. The number of methoxy groups -OCH3 is 2. The molecule has 2 N–H and O–H groups in total. The van der Waals surface area contributed by atoms with Crippen molar-refractivity contribution in [3.63, 3.8) is 0 Å². The second-order valence-corrected chi connectivity index (χ2v) is 7.83. The number of amides is 2. The minimum absolute atomic E-state index is 0.227. The predicted molar refractivity (Wildman–Crippen MR) is 106 cm³/mol. The minimum Gasteiger partial charge on any atom is -0.469 e. The van der Waals surface area contributed by atoms with Crippen LogP contribution in [0.2, 0.25) is 0 Å². The smallest absolute Gasteiger partial charge is 0.407 e. The zero-order valence-electron chi connectivity index (χ0n) is 16.2. The second kappa shape index (κ2) is 18.5. The fraction of sp³-hybridized carbons (Fsp3) is 0.750. The highest BCUT2D eigenvalue weighted by atomic mass is 33.1. The summed E-state index contributed by atoms with van der Waals surface area (Å²) in [6.07, 6.45) is 0.404. The molecule has 0 radical (unpaired) electrons. The third kappa shape index (κ3) is 17.6. The fourth-order valence-electron chi connectivity index (χ4n) is 1.62. The van der Waals surface area contributed by atoms with Crippen LogP contribution in [0, 0.1) is 0 Å². The van der Waals surface area contributed by atoms with Crippen molar-refractivity contribution in [3.05, 3.63) is 0 Å². The van der Waals surface area contributed by atoms with Gasteiger partial charge in [-0.1, -0.05) is 21.6 Å². The molecule has 162 valence electrons. The van der Waals surface area contributed by atoms with Gasteiger partial charge in [-0.15, -0.1) is 0 Å². The standard InChI is InChI=1S/C16H28N2O8S2/c1-23-13(19)5-3-8-18-16(22)26-10-12-28-27-11-9-25-14(20)6-4-7-17-15(21)24-2/h3-12H2,1-2H3,(H,17,21)(H,18,22). The van der Waals surface area contributed by atoms with Crippen molar-refractivity contribution in [2.45, 2.75) is 25.7 Å². The van der Waals surface area contributed by atoms with Crippen LogP contribution in [0.4, 0.5) is 9.59 Å². The molecule has 0 aliphatic rings. The minimum atomic E-state index is -0.526. The van der Waals surface area contributed by atoms with E-state index in [0.717, 1.165) is 0 Å². The van der Waals surface area contributed by atoms with E-state index in [0.29, 0.717) is 44.0 Å². The Labute approximate surface area is 172 Å². The van der Waals surface area contributed by atoms with Crippen LogP contribution in [-0.4, -0.2) is 76.2 Å². The molecule has 0 heterocycles. The van der Waals surface area contributed by atoms with Gasteiger partial charge < -0.3 is 29.6 Å². The maximum atomic E-state index is 11.5. The highest BCUT2D eigenvalue weighted by molar-refractivity contribution is 8.76. The molecule has 0 unspecified atom stereocenters. The van der Waals surface area contributed by atoms with Crippen LogP contribution in [-0.2, 0) is 28.5 Å². The molecular weight excluding hydrogens is 412 g/mol. The van der Waals surface area contributed by atoms with E-state index in [2.05, 4.69) is 20.1 Å². The number of hydrogen-bond acceptors (Lipinski definition) is 10. The van der Waals surface area contributed by atoms with Crippen molar-refractivity contribution >= 4 is 45.7 Å². The van der Waals surface area contributed by atoms with Crippen molar-refractivity contribution in [1.29, 1.82) is 0 Å². The lowest BCUT2D eigenvalue weighted by Gasteiger charge is -2.07. The van der Waals surface area contributed by atoms with Crippen molar-refractivity contribution in [3.8, 4) is 0 Å². The molecule has 0 saturated heterocycles. The summed E-state index contributed by atoms with van der Waals surface area (Å²) in [4.78, 5) is 44.5. The van der Waals surface area contributed by atoms with Crippen LogP contribution in [0.25, 0.3) is 0 Å². The van der Waals surface area contributed by atoms with Crippen molar-refractivity contribution in [2.24, 2.45) is 0 Å². The Morgan fingerprint density at radius 2 is 1.25 bits per heavy atom. The molecule has 2 amide bonds. The molecule has 0 saturated carbocycles. The van der Waals surface area contributed by atoms with Crippen LogP contribution in [0.3, 0.4) is 0 Å². The van der Waals surface area contributed by atoms with Gasteiger partial charge in [0.2, 0.25) is 0 Å². The van der Waals surface area contributed by atoms with E-state index in [-0.39, 0.29) is 31.4 Å². The first-order chi connectivity index (χ1) is 13.5. The maximum absolute atomic E-state index is 11.5. The van der Waals surface area contributed by atoms with E-state index in [9.17, 15) is 19.2 Å². The topological polar surface area (TPSA) is 129 Å². The monoisotopic (exact) mass is 440 g/mol. The highest BCUT2D eigenvalue weighted by Gasteiger charge is 2.05. The molecule has 0 aliphatic carbocycles. The Balaban J connectivity index is 3.36. The van der Waals surface area contributed by atoms with Gasteiger partial charge in [0.25, 0.3) is 0 Å². The number of alkyl carbamates (subject to hydrolysis) is 2. The second-order valence-electron chi connectivity index (χ2n) is 5.13. The molecule has 0 aromatic heterocycles. The number of carbonyl (C=O) groups excluding carboxylic acids is 4. The molecule has 0 fully saturated rings. The van der Waals surface area contributed by atoms with Gasteiger partial charge in [-0.3, -0.25) is 9.59 Å². The van der Waals surface area contributed by atoms with E-state index in [4.69, 9.17) is 9.47 Å². The summed E-state index contributed by atoms with van der Waals surface area (Å²) >= 11 is 0. The van der Waals surface area contributed by atoms with Crippen LogP contribution in [0.15, 0.2) is 0 Å². The molecular formula is C16H28N2O8S2. The average molecular weight is 441 g/mol. The quantitative estimate of drug-likeness (QED) is 0.168. The summed E-state index contributed by atoms with van der Waals surface area (Å²) in [5.74, 6) is 0.596. The average Bonchev–Trinajstić information content (AvgIpc) is 2.69. The molecule has 0 atom stereocenters. The van der Waals surface area contributed by atoms with Gasteiger partial charge in [-0.05, 0) is 12.8 Å². The molecule has 0 aliphatic heterocycles. The summed E-state index contributed by atoms with van der Waals surface area (Å²) in [7, 11) is 5.61. The Kier molecular flexibility index (Phi) is 17.3. The molecule has 12 heteroatoms. The Morgan fingerprint density at radius 3 is 1.82 bits per heavy atom. The van der Waals surface area contributed by atoms with E-state index in [1.165, 1.54) is 35.8 Å². The zero-order chi connectivity index (χ0) is 21.0. The van der Waals surface area contributed by atoms with Crippen LogP contribution in [0.1, 0.15) is 25.7 Å². The lowest BCUT2D eigenvalue weighted by atomic mass is 10.3. The Bertz CT molecular complexity index is 438. The summed E-state index contributed by atoms with van der Waals surface area (Å²) < 4.78 is 18.9. The van der Waals surface area contributed by atoms with Gasteiger partial charge in [0, 0.05) is 37.4 Å². The van der Waals surface area contributed by atoms with Gasteiger partial charge in [-0.25, -0.2) is 9.59 Å². The molecule has 0 rings (SSSR count). The van der Waals surface area contributed by atoms with E-state index < -0.39 is 12.2 Å². The van der Waals surface area contributed by atoms with Gasteiger partial charge in [0.1, 0.15) is 13.2 Å². The third-order valence-electron chi connectivity index (χ3n) is 2.98.